The van der Waals surface area contributed by atoms with Crippen LogP contribution in [0.3, 0.4) is 0 Å². The molecule has 0 saturated carbocycles. The van der Waals surface area contributed by atoms with Crippen molar-refractivity contribution >= 4 is 0 Å². The van der Waals surface area contributed by atoms with Gasteiger partial charge < -0.3 is 33.4 Å². The Bertz CT molecular complexity index is 140. The molecular weight excluding hydrogens is 347 g/mol. The number of hydrogen-bond acceptors (Lipinski definition) is 2. The quantitative estimate of drug-likeness (QED) is 0.623. The van der Waals surface area contributed by atoms with E-state index in [1.807, 2.05) is 13.8 Å². The number of rotatable bonds is 0. The summed E-state index contributed by atoms with van der Waals surface area (Å²) in [7, 11) is 0. The molecule has 0 radical (unpaired) electrons. The van der Waals surface area contributed by atoms with Crippen molar-refractivity contribution in [2.75, 3.05) is 13.1 Å². The molecule has 0 N–H and O–H groups in total. The second kappa shape index (κ2) is 141. The molecule has 0 amide bonds. The molecule has 0 aliphatic carbocycles. The van der Waals surface area contributed by atoms with E-state index in [2.05, 4.69) is 9.69 Å². The van der Waals surface area contributed by atoms with E-state index in [0.717, 1.165) is 0 Å². The molecule has 5 heteroatoms. The van der Waals surface area contributed by atoms with Crippen molar-refractivity contribution in [2.45, 2.75) is 13.8 Å². The van der Waals surface area contributed by atoms with Crippen LogP contribution in [0.4, 0.5) is 0 Å². The SMILES string of the molecule is [C-]#N.[C-]#N.[C-]#[N+]CC.[C-]#[N+]CC.[Pt+2]. The molecule has 13 heavy (non-hydrogen) atoms. The summed E-state index contributed by atoms with van der Waals surface area (Å²) in [6.07, 6.45) is 0. The van der Waals surface area contributed by atoms with Crippen LogP contribution in [-0.4, -0.2) is 13.1 Å². The monoisotopic (exact) mass is 357 g/mol. The minimum atomic E-state index is 0. The first-order valence-electron chi connectivity index (χ1n) is 2.94. The van der Waals surface area contributed by atoms with Crippen LogP contribution in [-0.2, 0) is 21.1 Å². The minimum absolute atomic E-state index is 0. The molecule has 0 aromatic rings. The molecule has 0 aliphatic heterocycles. The average Bonchev–Trinajstić information content (AvgIpc) is 2.23. The van der Waals surface area contributed by atoms with Crippen molar-refractivity contribution in [3.63, 3.8) is 0 Å². The Hall–Kier alpha value is -1.35. The summed E-state index contributed by atoms with van der Waals surface area (Å²) in [5.41, 5.74) is 0. The Labute approximate surface area is 94.7 Å². The maximum Gasteiger partial charge on any atom is 2.00 e. The third-order valence-corrected chi connectivity index (χ3v) is 0.316. The molecule has 0 atom stereocenters. The topological polar surface area (TPSA) is 56.3 Å². The van der Waals surface area contributed by atoms with Gasteiger partial charge in [-0.25, -0.2) is 13.1 Å². The van der Waals surface area contributed by atoms with E-state index in [0.29, 0.717) is 13.1 Å². The van der Waals surface area contributed by atoms with Crippen LogP contribution in [0, 0.1) is 36.8 Å². The predicted octanol–water partition coefficient (Wildman–Crippen LogP) is 2.04. The summed E-state index contributed by atoms with van der Waals surface area (Å²) in [5, 5.41) is 12.5. The molecule has 0 fully saturated rings. The van der Waals surface area contributed by atoms with Crippen molar-refractivity contribution in [2.24, 2.45) is 0 Å². The summed E-state index contributed by atoms with van der Waals surface area (Å²) < 4.78 is 0. The molecular formula is C8H10N4Pt. The van der Waals surface area contributed by atoms with Gasteiger partial charge in [0.2, 0.25) is 13.1 Å². The fourth-order valence-electron chi connectivity index (χ4n) is 0. The van der Waals surface area contributed by atoms with Crippen LogP contribution in [0.5, 0.6) is 0 Å². The van der Waals surface area contributed by atoms with Crippen LogP contribution in [0.2, 0.25) is 0 Å². The molecule has 0 aromatic carbocycles. The van der Waals surface area contributed by atoms with Crippen molar-refractivity contribution in [1.29, 1.82) is 10.5 Å². The van der Waals surface area contributed by atoms with Gasteiger partial charge in [-0.3, -0.25) is 0 Å². The Balaban J connectivity index is -0.0000000226. The second-order valence-corrected chi connectivity index (χ2v) is 0.949. The molecule has 0 aliphatic rings. The third kappa shape index (κ3) is 1890. The maximum absolute atomic E-state index is 6.25. The number of nitrogens with zero attached hydrogens (tertiary/aromatic N) is 4. The molecule has 0 aromatic heterocycles. The Kier molecular flexibility index (Phi) is 325. The average molecular weight is 357 g/mol. The second-order valence-electron chi connectivity index (χ2n) is 0.949. The van der Waals surface area contributed by atoms with Gasteiger partial charge >= 0.3 is 21.1 Å². The van der Waals surface area contributed by atoms with Crippen LogP contribution >= 0.6 is 0 Å². The van der Waals surface area contributed by atoms with Gasteiger partial charge in [0.25, 0.3) is 0 Å². The molecule has 0 unspecified atom stereocenters. The van der Waals surface area contributed by atoms with Crippen molar-refractivity contribution in [3.8, 4) is 0 Å². The van der Waals surface area contributed by atoms with Gasteiger partial charge in [0.1, 0.15) is 0 Å². The van der Waals surface area contributed by atoms with Crippen LogP contribution < -0.4 is 0 Å². The van der Waals surface area contributed by atoms with Gasteiger partial charge in [-0.15, -0.1) is 0 Å². The largest absolute Gasteiger partial charge is 2.00 e. The zero-order valence-corrected chi connectivity index (χ0v) is 9.79. The standard InChI is InChI=1S/2C3H5N.2CN.Pt/c2*1-3-4-2;2*1-2;/h2*3H2,1H3;;;/q;;2*-1;+2. The van der Waals surface area contributed by atoms with Crippen molar-refractivity contribution in [3.05, 3.63) is 36.0 Å². The van der Waals surface area contributed by atoms with Gasteiger partial charge in [-0.2, -0.15) is 0 Å². The molecule has 0 rings (SSSR count). The van der Waals surface area contributed by atoms with E-state index in [-0.39, 0.29) is 21.1 Å². The third-order valence-electron chi connectivity index (χ3n) is 0.316. The van der Waals surface area contributed by atoms with E-state index < -0.39 is 0 Å². The summed E-state index contributed by atoms with van der Waals surface area (Å²) in [5.74, 6) is 0. The van der Waals surface area contributed by atoms with Gasteiger partial charge in [0.05, 0.1) is 0 Å². The van der Waals surface area contributed by atoms with E-state index in [4.69, 9.17) is 36.8 Å². The van der Waals surface area contributed by atoms with E-state index in [9.17, 15) is 0 Å². The maximum atomic E-state index is 6.25. The first-order valence-corrected chi connectivity index (χ1v) is 2.94. The summed E-state index contributed by atoms with van der Waals surface area (Å²) in [6, 6.07) is 0. The van der Waals surface area contributed by atoms with Crippen LogP contribution in [0.1, 0.15) is 13.8 Å². The van der Waals surface area contributed by atoms with Gasteiger partial charge in [-0.05, 0) is 0 Å². The summed E-state index contributed by atoms with van der Waals surface area (Å²) >= 11 is 0. The van der Waals surface area contributed by atoms with Crippen molar-refractivity contribution < 1.29 is 21.1 Å². The van der Waals surface area contributed by atoms with Crippen molar-refractivity contribution in [1.82, 2.24) is 0 Å². The molecule has 0 heterocycles. The van der Waals surface area contributed by atoms with Gasteiger partial charge in [-0.1, -0.05) is 0 Å². The zero-order chi connectivity index (χ0) is 10.8. The molecule has 0 spiro atoms. The van der Waals surface area contributed by atoms with E-state index >= 15 is 0 Å². The fraction of sp³-hybridized carbons (Fsp3) is 0.500. The minimum Gasteiger partial charge on any atom is -0.512 e. The normalized spacial score (nSPS) is 3.38. The molecule has 72 valence electrons. The summed E-state index contributed by atoms with van der Waals surface area (Å²) in [6.45, 7) is 26.5. The first-order chi connectivity index (χ1) is 5.83. The van der Waals surface area contributed by atoms with Crippen LogP contribution in [0.25, 0.3) is 9.69 Å². The molecule has 0 saturated heterocycles. The Morgan fingerprint density at radius 3 is 0.923 bits per heavy atom. The molecule has 0 bridgehead atoms. The summed E-state index contributed by atoms with van der Waals surface area (Å²) in [4.78, 5) is 5.97. The Morgan fingerprint density at radius 1 is 0.846 bits per heavy atom. The van der Waals surface area contributed by atoms with Gasteiger partial charge in [0, 0.05) is 13.8 Å². The van der Waals surface area contributed by atoms with E-state index in [1.165, 1.54) is 0 Å². The smallest absolute Gasteiger partial charge is 0.512 e. The Morgan fingerprint density at radius 2 is 0.923 bits per heavy atom. The zero-order valence-electron chi connectivity index (χ0n) is 7.52. The molecule has 4 nitrogen and oxygen atoms in total. The number of hydrogen-bond donors (Lipinski definition) is 0. The predicted molar refractivity (Wildman–Crippen MR) is 44.2 cm³/mol. The first kappa shape index (κ1) is 29.9. The van der Waals surface area contributed by atoms with Gasteiger partial charge in [0.15, 0.2) is 0 Å². The fourth-order valence-corrected chi connectivity index (χ4v) is 0. The van der Waals surface area contributed by atoms with E-state index in [1.54, 1.807) is 0 Å². The van der Waals surface area contributed by atoms with Crippen LogP contribution in [0.15, 0.2) is 0 Å².